The van der Waals surface area contributed by atoms with Crippen LogP contribution in [0.5, 0.6) is 17.2 Å². The lowest BCUT2D eigenvalue weighted by Crippen LogP contribution is -2.33. The first-order valence-electron chi connectivity index (χ1n) is 11.8. The number of aromatic hydroxyl groups is 1. The Morgan fingerprint density at radius 1 is 0.970 bits per heavy atom. The van der Waals surface area contributed by atoms with E-state index < -0.39 is 0 Å². The molecule has 1 saturated heterocycles. The molecule has 0 radical (unpaired) electrons. The Morgan fingerprint density at radius 3 is 2.48 bits per heavy atom. The first-order valence-corrected chi connectivity index (χ1v) is 12.7. The molecule has 0 unspecified atom stereocenters. The molecule has 172 valence electrons. The lowest BCUT2D eigenvalue weighted by Gasteiger charge is -2.34. The highest BCUT2D eigenvalue weighted by atomic mass is 32.2. The number of likely N-dealkylation sites (tertiary alicyclic amines) is 1. The second-order valence-electron chi connectivity index (χ2n) is 8.90. The van der Waals surface area contributed by atoms with E-state index in [1.54, 1.807) is 23.9 Å². The molecule has 2 aliphatic rings. The first-order chi connectivity index (χ1) is 16.2. The predicted molar refractivity (Wildman–Crippen MR) is 133 cm³/mol. The van der Waals surface area contributed by atoms with E-state index in [0.717, 1.165) is 40.7 Å². The molecule has 0 amide bonds. The monoisotopic (exact) mass is 461 g/mol. The van der Waals surface area contributed by atoms with Crippen molar-refractivity contribution in [2.45, 2.75) is 42.4 Å². The van der Waals surface area contributed by atoms with E-state index in [1.165, 1.54) is 37.9 Å². The van der Waals surface area contributed by atoms with Crippen LogP contribution in [0.25, 0.3) is 0 Å². The summed E-state index contributed by atoms with van der Waals surface area (Å²) in [4.78, 5) is 3.47. The molecule has 3 aromatic rings. The fourth-order valence-corrected chi connectivity index (χ4v) is 6.11. The Bertz CT molecular complexity index is 1060. The highest BCUT2D eigenvalue weighted by Crippen LogP contribution is 2.54. The molecule has 2 aliphatic heterocycles. The van der Waals surface area contributed by atoms with Gasteiger partial charge in [-0.1, -0.05) is 48.9 Å². The Labute approximate surface area is 200 Å². The van der Waals surface area contributed by atoms with Gasteiger partial charge >= 0.3 is 0 Å². The largest absolute Gasteiger partial charge is 0.508 e. The molecular weight excluding hydrogens is 430 g/mol. The van der Waals surface area contributed by atoms with Crippen LogP contribution in [0.1, 0.15) is 47.3 Å². The molecule has 0 aliphatic carbocycles. The van der Waals surface area contributed by atoms with Gasteiger partial charge in [0.2, 0.25) is 0 Å². The summed E-state index contributed by atoms with van der Waals surface area (Å²) < 4.78 is 12.6. The van der Waals surface area contributed by atoms with Crippen molar-refractivity contribution in [3.8, 4) is 17.2 Å². The highest BCUT2D eigenvalue weighted by molar-refractivity contribution is 7.99. The van der Waals surface area contributed by atoms with Crippen LogP contribution >= 0.6 is 11.8 Å². The van der Waals surface area contributed by atoms with Crippen LogP contribution < -0.4 is 9.47 Å². The van der Waals surface area contributed by atoms with E-state index in [-0.39, 0.29) is 17.1 Å². The zero-order valence-corrected chi connectivity index (χ0v) is 19.9. The molecule has 4 nitrogen and oxygen atoms in total. The van der Waals surface area contributed by atoms with Crippen molar-refractivity contribution in [1.82, 2.24) is 4.90 Å². The summed E-state index contributed by atoms with van der Waals surface area (Å²) in [5.74, 6) is 2.03. The van der Waals surface area contributed by atoms with E-state index in [2.05, 4.69) is 53.4 Å². The number of ether oxygens (including phenoxy) is 2. The molecule has 0 saturated carbocycles. The zero-order chi connectivity index (χ0) is 22.6. The molecular formula is C28H31NO3S. The minimum absolute atomic E-state index is 0.0887. The highest BCUT2D eigenvalue weighted by Gasteiger charge is 2.34. The molecule has 0 bridgehead atoms. The summed E-state index contributed by atoms with van der Waals surface area (Å²) in [6.07, 6.45) is 3.84. The third kappa shape index (κ3) is 5.15. The number of nitrogens with zero attached hydrogens (tertiary/aromatic N) is 1. The van der Waals surface area contributed by atoms with Crippen molar-refractivity contribution >= 4 is 11.8 Å². The third-order valence-electron chi connectivity index (χ3n) is 6.46. The van der Waals surface area contributed by atoms with Crippen LogP contribution in [0, 0.1) is 6.92 Å². The van der Waals surface area contributed by atoms with Gasteiger partial charge in [-0.25, -0.2) is 0 Å². The number of aryl methyl sites for hydroxylation is 1. The van der Waals surface area contributed by atoms with Crippen LogP contribution in [-0.4, -0.2) is 36.2 Å². The van der Waals surface area contributed by atoms with Crippen molar-refractivity contribution in [3.05, 3.63) is 83.4 Å². The fraction of sp³-hybridized carbons (Fsp3) is 0.357. The Kier molecular flexibility index (Phi) is 6.79. The second kappa shape index (κ2) is 10.1. The quantitative estimate of drug-likeness (QED) is 0.452. The molecule has 0 aromatic heterocycles. The number of hydrogen-bond donors (Lipinski definition) is 1. The standard InChI is InChI=1S/C28H31NO3S/c1-20-18-23(30)19-25-26(20)32-27(28(33-25)22-8-4-2-5-9-22)21-10-12-24(13-11-21)31-17-16-29-14-6-3-7-15-29/h2,4-5,8-13,18-19,27-28,30H,3,6-7,14-17H2,1H3/t27-,28+/m1/s1. The summed E-state index contributed by atoms with van der Waals surface area (Å²) in [7, 11) is 0. The molecule has 1 N–H and O–H groups in total. The van der Waals surface area contributed by atoms with Crippen LogP contribution in [0.3, 0.4) is 0 Å². The van der Waals surface area contributed by atoms with E-state index in [9.17, 15) is 5.11 Å². The molecule has 5 heteroatoms. The molecule has 2 atom stereocenters. The Morgan fingerprint density at radius 2 is 1.73 bits per heavy atom. The summed E-state index contributed by atoms with van der Waals surface area (Å²) in [5, 5.41) is 10.2. The van der Waals surface area contributed by atoms with Gasteiger partial charge in [0, 0.05) is 6.54 Å². The van der Waals surface area contributed by atoms with Crippen molar-refractivity contribution in [1.29, 1.82) is 0 Å². The minimum atomic E-state index is -0.129. The van der Waals surface area contributed by atoms with Gasteiger partial charge in [-0.05, 0) is 73.8 Å². The van der Waals surface area contributed by atoms with E-state index in [1.807, 2.05) is 13.0 Å². The van der Waals surface area contributed by atoms with E-state index >= 15 is 0 Å². The maximum Gasteiger partial charge on any atom is 0.140 e. The average Bonchev–Trinajstić information content (AvgIpc) is 2.85. The van der Waals surface area contributed by atoms with Gasteiger partial charge in [-0.2, -0.15) is 0 Å². The van der Waals surface area contributed by atoms with Gasteiger partial charge in [0.05, 0.1) is 10.1 Å². The number of fused-ring (bicyclic) bond motifs is 1. The third-order valence-corrected chi connectivity index (χ3v) is 7.79. The predicted octanol–water partition coefficient (Wildman–Crippen LogP) is 6.53. The van der Waals surface area contributed by atoms with Gasteiger partial charge in [-0.3, -0.25) is 4.90 Å². The number of rotatable bonds is 6. The zero-order valence-electron chi connectivity index (χ0n) is 19.1. The van der Waals surface area contributed by atoms with Crippen LogP contribution in [0.2, 0.25) is 0 Å². The number of phenols is 1. The van der Waals surface area contributed by atoms with Crippen LogP contribution in [0.15, 0.2) is 71.6 Å². The topological polar surface area (TPSA) is 41.9 Å². The van der Waals surface area contributed by atoms with Crippen LogP contribution in [-0.2, 0) is 0 Å². The SMILES string of the molecule is Cc1cc(O)cc2c1O[C@H](c1ccc(OCCN3CCCCC3)cc1)[C@H](c1ccccc1)S2. The smallest absolute Gasteiger partial charge is 0.140 e. The van der Waals surface area contributed by atoms with E-state index in [4.69, 9.17) is 9.47 Å². The molecule has 1 fully saturated rings. The van der Waals surface area contributed by atoms with Crippen LogP contribution in [0.4, 0.5) is 0 Å². The average molecular weight is 462 g/mol. The Balaban J connectivity index is 1.34. The molecule has 5 rings (SSSR count). The maximum atomic E-state index is 10.1. The number of thioether (sulfide) groups is 1. The van der Waals surface area contributed by atoms with Gasteiger partial charge in [-0.15, -0.1) is 11.8 Å². The normalized spacial score (nSPS) is 20.6. The molecule has 0 spiro atoms. The summed E-state index contributed by atoms with van der Waals surface area (Å²) in [6.45, 7) is 6.08. The van der Waals surface area contributed by atoms with E-state index in [0.29, 0.717) is 0 Å². The molecule has 33 heavy (non-hydrogen) atoms. The molecule has 2 heterocycles. The van der Waals surface area contributed by atoms with Crippen molar-refractivity contribution in [3.63, 3.8) is 0 Å². The second-order valence-corrected chi connectivity index (χ2v) is 10.1. The summed E-state index contributed by atoms with van der Waals surface area (Å²) in [5.41, 5.74) is 3.28. The van der Waals surface area contributed by atoms with Gasteiger partial charge in [0.15, 0.2) is 0 Å². The number of hydrogen-bond acceptors (Lipinski definition) is 5. The Hall–Kier alpha value is -2.63. The molecule has 3 aromatic carbocycles. The summed E-state index contributed by atoms with van der Waals surface area (Å²) in [6, 6.07) is 22.4. The van der Waals surface area contributed by atoms with Crippen molar-refractivity contribution in [2.75, 3.05) is 26.2 Å². The van der Waals surface area contributed by atoms with Crippen molar-refractivity contribution < 1.29 is 14.6 Å². The van der Waals surface area contributed by atoms with Crippen molar-refractivity contribution in [2.24, 2.45) is 0 Å². The number of benzene rings is 3. The number of phenolic OH excluding ortho intramolecular Hbond substituents is 1. The first kappa shape index (κ1) is 22.2. The lowest BCUT2D eigenvalue weighted by molar-refractivity contribution is 0.182. The van der Waals surface area contributed by atoms with Gasteiger partial charge in [0.25, 0.3) is 0 Å². The summed E-state index contributed by atoms with van der Waals surface area (Å²) >= 11 is 1.75. The van der Waals surface area contributed by atoms with Gasteiger partial charge in [0.1, 0.15) is 30.0 Å². The minimum Gasteiger partial charge on any atom is -0.508 e. The maximum absolute atomic E-state index is 10.1. The lowest BCUT2D eigenvalue weighted by atomic mass is 10.00. The van der Waals surface area contributed by atoms with Gasteiger partial charge < -0.3 is 14.6 Å². The fourth-order valence-electron chi connectivity index (χ4n) is 4.71. The number of piperidine rings is 1.